The fourth-order valence-electron chi connectivity index (χ4n) is 3.67. The third-order valence-electron chi connectivity index (χ3n) is 5.60. The lowest BCUT2D eigenvalue weighted by Crippen LogP contribution is -2.15. The van der Waals surface area contributed by atoms with E-state index in [1.165, 1.54) is 6.07 Å². The molecule has 0 saturated heterocycles. The van der Waals surface area contributed by atoms with Gasteiger partial charge in [-0.2, -0.15) is 0 Å². The van der Waals surface area contributed by atoms with Crippen molar-refractivity contribution in [3.63, 3.8) is 0 Å². The first-order valence-corrected chi connectivity index (χ1v) is 11.1. The normalized spacial score (nSPS) is 10.4. The average Bonchev–Trinajstić information content (AvgIpc) is 3.45. The average molecular weight is 498 g/mol. The van der Waals surface area contributed by atoms with Gasteiger partial charge in [-0.05, 0) is 48.5 Å². The van der Waals surface area contributed by atoms with Crippen molar-refractivity contribution in [3.05, 3.63) is 101 Å². The fraction of sp³-hybridized carbons (Fsp3) is 0.0741. The SMILES string of the molecule is Cn1cc(NC(=O)c2ccc(C=O)cc2)cc1C(=O)Nc1cc(C(=O)Nc2ccc(C=O)cc2)n(C)c1. The molecule has 10 heteroatoms. The van der Waals surface area contributed by atoms with Gasteiger partial charge in [-0.3, -0.25) is 24.0 Å². The molecule has 37 heavy (non-hydrogen) atoms. The highest BCUT2D eigenvalue weighted by molar-refractivity contribution is 6.08. The second-order valence-corrected chi connectivity index (χ2v) is 8.29. The molecule has 2 aromatic carbocycles. The summed E-state index contributed by atoms with van der Waals surface area (Å²) >= 11 is 0. The Morgan fingerprint density at radius 1 is 0.595 bits per heavy atom. The van der Waals surface area contributed by atoms with Gasteiger partial charge in [0.05, 0.1) is 11.4 Å². The maximum absolute atomic E-state index is 12.9. The van der Waals surface area contributed by atoms with Crippen molar-refractivity contribution in [1.82, 2.24) is 9.13 Å². The van der Waals surface area contributed by atoms with Crippen LogP contribution in [0.15, 0.2) is 73.1 Å². The molecule has 4 aromatic rings. The van der Waals surface area contributed by atoms with E-state index in [4.69, 9.17) is 0 Å². The maximum atomic E-state index is 12.9. The largest absolute Gasteiger partial charge is 0.344 e. The number of aromatic nitrogens is 2. The van der Waals surface area contributed by atoms with E-state index in [0.29, 0.717) is 45.7 Å². The standard InChI is InChI=1S/C27H23N5O5/c1-31-13-21(29-25(35)19-7-3-17(15-33)4-8-19)11-24(31)27(37)30-22-12-23(32(2)14-22)26(36)28-20-9-5-18(16-34)6-10-20/h3-16H,1-2H3,(H,28,36)(H,29,35)(H,30,37). The molecule has 0 bridgehead atoms. The van der Waals surface area contributed by atoms with Gasteiger partial charge in [-0.25, -0.2) is 0 Å². The van der Waals surface area contributed by atoms with Crippen LogP contribution in [0.2, 0.25) is 0 Å². The number of nitrogens with zero attached hydrogens (tertiary/aromatic N) is 2. The number of aryl methyl sites for hydroxylation is 2. The summed E-state index contributed by atoms with van der Waals surface area (Å²) in [6.07, 6.45) is 4.62. The predicted molar refractivity (Wildman–Crippen MR) is 138 cm³/mol. The number of rotatable bonds is 8. The number of nitrogens with one attached hydrogen (secondary N) is 3. The molecule has 0 fully saturated rings. The van der Waals surface area contributed by atoms with Crippen LogP contribution in [-0.4, -0.2) is 39.4 Å². The highest BCUT2D eigenvalue weighted by Gasteiger charge is 2.17. The van der Waals surface area contributed by atoms with Crippen LogP contribution in [0.4, 0.5) is 17.1 Å². The quantitative estimate of drug-likeness (QED) is 0.319. The summed E-state index contributed by atoms with van der Waals surface area (Å²) < 4.78 is 3.15. The van der Waals surface area contributed by atoms with E-state index in [1.807, 2.05) is 0 Å². The molecule has 2 heterocycles. The van der Waals surface area contributed by atoms with E-state index in [2.05, 4.69) is 16.0 Å². The molecule has 0 radical (unpaired) electrons. The lowest BCUT2D eigenvalue weighted by molar-refractivity contribution is 0.101. The minimum Gasteiger partial charge on any atom is -0.344 e. The van der Waals surface area contributed by atoms with Crippen LogP contribution < -0.4 is 16.0 Å². The van der Waals surface area contributed by atoms with Gasteiger partial charge in [-0.15, -0.1) is 0 Å². The Morgan fingerprint density at radius 3 is 1.46 bits per heavy atom. The van der Waals surface area contributed by atoms with Crippen molar-refractivity contribution in [1.29, 1.82) is 0 Å². The predicted octanol–water partition coefficient (Wildman–Crippen LogP) is 3.75. The van der Waals surface area contributed by atoms with E-state index in [1.54, 1.807) is 90.2 Å². The number of anilines is 3. The van der Waals surface area contributed by atoms with Crippen molar-refractivity contribution in [3.8, 4) is 0 Å². The van der Waals surface area contributed by atoms with E-state index in [9.17, 15) is 24.0 Å². The van der Waals surface area contributed by atoms with Gasteiger partial charge < -0.3 is 25.1 Å². The first-order chi connectivity index (χ1) is 17.8. The van der Waals surface area contributed by atoms with Crippen molar-refractivity contribution in [2.45, 2.75) is 0 Å². The number of benzene rings is 2. The van der Waals surface area contributed by atoms with Gasteiger partial charge in [0.2, 0.25) is 0 Å². The Labute approximate surface area is 211 Å². The molecule has 0 aliphatic heterocycles. The number of hydrogen-bond acceptors (Lipinski definition) is 5. The van der Waals surface area contributed by atoms with Gasteiger partial charge in [0, 0.05) is 48.9 Å². The Bertz CT molecular complexity index is 1500. The molecular weight excluding hydrogens is 474 g/mol. The first-order valence-electron chi connectivity index (χ1n) is 11.1. The van der Waals surface area contributed by atoms with Gasteiger partial charge >= 0.3 is 0 Å². The molecular formula is C27H23N5O5. The Balaban J connectivity index is 1.42. The molecule has 0 aliphatic rings. The molecule has 0 atom stereocenters. The van der Waals surface area contributed by atoms with Gasteiger partial charge in [0.15, 0.2) is 0 Å². The maximum Gasteiger partial charge on any atom is 0.272 e. The minimum atomic E-state index is -0.430. The summed E-state index contributed by atoms with van der Waals surface area (Å²) in [5.74, 6) is -1.19. The van der Waals surface area contributed by atoms with Crippen molar-refractivity contribution >= 4 is 47.4 Å². The second-order valence-electron chi connectivity index (χ2n) is 8.29. The molecule has 10 nitrogen and oxygen atoms in total. The zero-order valence-electron chi connectivity index (χ0n) is 20.0. The van der Waals surface area contributed by atoms with Gasteiger partial charge in [0.25, 0.3) is 17.7 Å². The fourth-order valence-corrected chi connectivity index (χ4v) is 3.67. The number of aldehydes is 2. The van der Waals surface area contributed by atoms with Crippen LogP contribution in [0.25, 0.3) is 0 Å². The molecule has 0 unspecified atom stereocenters. The summed E-state index contributed by atoms with van der Waals surface area (Å²) in [6, 6.07) is 15.7. The highest BCUT2D eigenvalue weighted by atomic mass is 16.2. The number of amides is 3. The topological polar surface area (TPSA) is 131 Å². The van der Waals surface area contributed by atoms with Crippen molar-refractivity contribution < 1.29 is 24.0 Å². The monoisotopic (exact) mass is 497 g/mol. The summed E-state index contributed by atoms with van der Waals surface area (Å²) in [5.41, 5.74) is 3.30. The number of hydrogen-bond donors (Lipinski definition) is 3. The third-order valence-corrected chi connectivity index (χ3v) is 5.60. The second kappa shape index (κ2) is 10.6. The van der Waals surface area contributed by atoms with Crippen LogP contribution in [0.3, 0.4) is 0 Å². The highest BCUT2D eigenvalue weighted by Crippen LogP contribution is 2.19. The summed E-state index contributed by atoms with van der Waals surface area (Å²) in [4.78, 5) is 59.7. The molecule has 3 N–H and O–H groups in total. The summed E-state index contributed by atoms with van der Waals surface area (Å²) in [6.45, 7) is 0. The number of carbonyl (C=O) groups excluding carboxylic acids is 5. The zero-order valence-corrected chi connectivity index (χ0v) is 20.0. The van der Waals surface area contributed by atoms with E-state index < -0.39 is 5.91 Å². The van der Waals surface area contributed by atoms with Crippen LogP contribution in [0.1, 0.15) is 52.1 Å². The molecule has 186 valence electrons. The lowest BCUT2D eigenvalue weighted by atomic mass is 10.1. The zero-order chi connectivity index (χ0) is 26.5. The van der Waals surface area contributed by atoms with Crippen molar-refractivity contribution in [2.24, 2.45) is 14.1 Å². The van der Waals surface area contributed by atoms with Crippen LogP contribution in [0.5, 0.6) is 0 Å². The number of carbonyl (C=O) groups is 5. The summed E-state index contributed by atoms with van der Waals surface area (Å²) in [7, 11) is 3.35. The molecule has 0 spiro atoms. The van der Waals surface area contributed by atoms with Crippen LogP contribution in [-0.2, 0) is 14.1 Å². The van der Waals surface area contributed by atoms with Crippen LogP contribution in [0, 0.1) is 0 Å². The lowest BCUT2D eigenvalue weighted by Gasteiger charge is -2.05. The van der Waals surface area contributed by atoms with E-state index >= 15 is 0 Å². The molecule has 3 amide bonds. The Hall–Kier alpha value is -5.25. The molecule has 0 saturated carbocycles. The molecule has 2 aromatic heterocycles. The summed E-state index contributed by atoms with van der Waals surface area (Å²) in [5, 5.41) is 8.24. The minimum absolute atomic E-state index is 0.289. The van der Waals surface area contributed by atoms with E-state index in [0.717, 1.165) is 6.29 Å². The van der Waals surface area contributed by atoms with Gasteiger partial charge in [0.1, 0.15) is 24.0 Å². The first kappa shape index (κ1) is 24.9. The molecule has 4 rings (SSSR count). The Kier molecular flexibility index (Phi) is 7.10. The van der Waals surface area contributed by atoms with Crippen molar-refractivity contribution in [2.75, 3.05) is 16.0 Å². The van der Waals surface area contributed by atoms with Gasteiger partial charge in [-0.1, -0.05) is 12.1 Å². The van der Waals surface area contributed by atoms with Crippen LogP contribution >= 0.6 is 0 Å². The Morgan fingerprint density at radius 2 is 1.00 bits per heavy atom. The smallest absolute Gasteiger partial charge is 0.272 e. The van der Waals surface area contributed by atoms with E-state index in [-0.39, 0.29) is 17.5 Å². The third kappa shape index (κ3) is 5.70. The molecule has 0 aliphatic carbocycles.